The van der Waals surface area contributed by atoms with E-state index in [1.165, 1.54) is 0 Å². The molecular weight excluding hydrogens is 240 g/mol. The largest absolute Gasteiger partial charge is 0.496 e. The zero-order chi connectivity index (χ0) is 14.6. The highest BCUT2D eigenvalue weighted by atomic mass is 16.5. The molecule has 4 nitrogen and oxygen atoms in total. The molecule has 1 amide bonds. The molecule has 1 aromatic rings. The van der Waals surface area contributed by atoms with Gasteiger partial charge in [0.2, 0.25) is 5.91 Å². The van der Waals surface area contributed by atoms with Crippen molar-refractivity contribution >= 4 is 11.6 Å². The van der Waals surface area contributed by atoms with Gasteiger partial charge in [-0.1, -0.05) is 13.8 Å². The van der Waals surface area contributed by atoms with Crippen LogP contribution in [0, 0.1) is 6.92 Å². The molecule has 0 bridgehead atoms. The minimum atomic E-state index is -0.136. The van der Waals surface area contributed by atoms with E-state index in [0.717, 1.165) is 22.6 Å². The molecular formula is C15H24N2O2. The SMILES string of the molecule is COc1cc(C)c(NC(=O)CC(C)N)cc1C(C)C. The molecule has 0 heterocycles. The molecule has 4 heteroatoms. The number of hydrogen-bond donors (Lipinski definition) is 2. The summed E-state index contributed by atoms with van der Waals surface area (Å²) in [5, 5.41) is 2.91. The highest BCUT2D eigenvalue weighted by molar-refractivity contribution is 5.92. The second-order valence-electron chi connectivity index (χ2n) is 5.29. The maximum absolute atomic E-state index is 11.8. The lowest BCUT2D eigenvalue weighted by molar-refractivity contribution is -0.116. The van der Waals surface area contributed by atoms with Crippen molar-refractivity contribution in [1.82, 2.24) is 0 Å². The molecule has 106 valence electrons. The summed E-state index contributed by atoms with van der Waals surface area (Å²) in [5.41, 5.74) is 8.53. The summed E-state index contributed by atoms with van der Waals surface area (Å²) in [6.07, 6.45) is 0.322. The van der Waals surface area contributed by atoms with E-state index in [4.69, 9.17) is 10.5 Å². The lowest BCUT2D eigenvalue weighted by atomic mass is 9.99. The van der Waals surface area contributed by atoms with Gasteiger partial charge in [-0.3, -0.25) is 4.79 Å². The van der Waals surface area contributed by atoms with Crippen LogP contribution in [0.15, 0.2) is 12.1 Å². The lowest BCUT2D eigenvalue weighted by Crippen LogP contribution is -2.24. The molecule has 1 rings (SSSR count). The number of nitrogens with one attached hydrogen (secondary N) is 1. The average molecular weight is 264 g/mol. The highest BCUT2D eigenvalue weighted by Gasteiger charge is 2.13. The smallest absolute Gasteiger partial charge is 0.225 e. The summed E-state index contributed by atoms with van der Waals surface area (Å²) >= 11 is 0. The Morgan fingerprint density at radius 1 is 1.37 bits per heavy atom. The fourth-order valence-electron chi connectivity index (χ4n) is 1.95. The summed E-state index contributed by atoms with van der Waals surface area (Å²) in [7, 11) is 1.66. The van der Waals surface area contributed by atoms with Crippen LogP contribution < -0.4 is 15.8 Å². The minimum Gasteiger partial charge on any atom is -0.496 e. The number of nitrogens with two attached hydrogens (primary N) is 1. The number of carbonyl (C=O) groups is 1. The minimum absolute atomic E-state index is 0.0574. The fourth-order valence-corrected chi connectivity index (χ4v) is 1.95. The Labute approximate surface area is 115 Å². The van der Waals surface area contributed by atoms with Gasteiger partial charge in [0.25, 0.3) is 0 Å². The van der Waals surface area contributed by atoms with Crippen LogP contribution in [0.2, 0.25) is 0 Å². The van der Waals surface area contributed by atoms with E-state index >= 15 is 0 Å². The third-order valence-corrected chi connectivity index (χ3v) is 2.98. The van der Waals surface area contributed by atoms with Crippen LogP contribution in [-0.4, -0.2) is 19.1 Å². The summed E-state index contributed by atoms with van der Waals surface area (Å²) < 4.78 is 5.38. The summed E-state index contributed by atoms with van der Waals surface area (Å²) in [4.78, 5) is 11.8. The summed E-state index contributed by atoms with van der Waals surface area (Å²) in [6, 6.07) is 3.80. The second-order valence-corrected chi connectivity index (χ2v) is 5.29. The standard InChI is InChI=1S/C15H24N2O2/c1-9(2)12-8-13(10(3)6-14(12)19-5)17-15(18)7-11(4)16/h6,8-9,11H,7,16H2,1-5H3,(H,17,18). The first-order valence-corrected chi connectivity index (χ1v) is 6.59. The van der Waals surface area contributed by atoms with Crippen LogP contribution >= 0.6 is 0 Å². The first-order valence-electron chi connectivity index (χ1n) is 6.59. The Kier molecular flexibility index (Phi) is 5.36. The van der Waals surface area contributed by atoms with Gasteiger partial charge >= 0.3 is 0 Å². The molecule has 1 aromatic carbocycles. The van der Waals surface area contributed by atoms with Crippen molar-refractivity contribution in [3.63, 3.8) is 0 Å². The third kappa shape index (κ3) is 4.24. The van der Waals surface area contributed by atoms with Gasteiger partial charge in [0.1, 0.15) is 5.75 Å². The van der Waals surface area contributed by atoms with Gasteiger partial charge in [-0.15, -0.1) is 0 Å². The first kappa shape index (κ1) is 15.5. The first-order chi connectivity index (χ1) is 8.85. The summed E-state index contributed by atoms with van der Waals surface area (Å²) in [6.45, 7) is 7.97. The number of anilines is 1. The number of ether oxygens (including phenoxy) is 1. The predicted molar refractivity (Wildman–Crippen MR) is 78.7 cm³/mol. The molecule has 19 heavy (non-hydrogen) atoms. The van der Waals surface area contributed by atoms with Crippen molar-refractivity contribution in [3.05, 3.63) is 23.3 Å². The Morgan fingerprint density at radius 3 is 2.47 bits per heavy atom. The number of hydrogen-bond acceptors (Lipinski definition) is 3. The quantitative estimate of drug-likeness (QED) is 0.859. The van der Waals surface area contributed by atoms with Gasteiger partial charge in [-0.05, 0) is 43.0 Å². The molecule has 0 aromatic heterocycles. The van der Waals surface area contributed by atoms with E-state index < -0.39 is 0 Å². The van der Waals surface area contributed by atoms with E-state index in [-0.39, 0.29) is 11.9 Å². The van der Waals surface area contributed by atoms with Gasteiger partial charge in [0.05, 0.1) is 7.11 Å². The van der Waals surface area contributed by atoms with Gasteiger partial charge in [-0.25, -0.2) is 0 Å². The predicted octanol–water partition coefficient (Wildman–Crippen LogP) is 2.80. The number of carbonyl (C=O) groups excluding carboxylic acids is 1. The monoisotopic (exact) mass is 264 g/mol. The fraction of sp³-hybridized carbons (Fsp3) is 0.533. The number of rotatable bonds is 5. The van der Waals surface area contributed by atoms with E-state index in [0.29, 0.717) is 12.3 Å². The number of methoxy groups -OCH3 is 1. The van der Waals surface area contributed by atoms with E-state index in [9.17, 15) is 4.79 Å². The molecule has 0 aliphatic rings. The molecule has 1 atom stereocenters. The van der Waals surface area contributed by atoms with Crippen LogP contribution in [0.4, 0.5) is 5.69 Å². The van der Waals surface area contributed by atoms with Crippen LogP contribution in [0.1, 0.15) is 44.2 Å². The Morgan fingerprint density at radius 2 is 2.00 bits per heavy atom. The van der Waals surface area contributed by atoms with Crippen LogP contribution in [0.3, 0.4) is 0 Å². The molecule has 0 fully saturated rings. The molecule has 1 unspecified atom stereocenters. The molecule has 0 saturated heterocycles. The van der Waals surface area contributed by atoms with Gasteiger partial charge in [0.15, 0.2) is 0 Å². The van der Waals surface area contributed by atoms with Crippen LogP contribution in [-0.2, 0) is 4.79 Å². The number of aryl methyl sites for hydroxylation is 1. The molecule has 0 radical (unpaired) electrons. The van der Waals surface area contributed by atoms with E-state index in [1.807, 2.05) is 26.0 Å². The molecule has 0 aliphatic heterocycles. The molecule has 0 spiro atoms. The topological polar surface area (TPSA) is 64.3 Å². The second kappa shape index (κ2) is 6.57. The van der Waals surface area contributed by atoms with Gasteiger partial charge < -0.3 is 15.8 Å². The Balaban J connectivity index is 3.01. The lowest BCUT2D eigenvalue weighted by Gasteiger charge is -2.17. The van der Waals surface area contributed by atoms with Gasteiger partial charge in [-0.2, -0.15) is 0 Å². The van der Waals surface area contributed by atoms with Crippen molar-refractivity contribution in [1.29, 1.82) is 0 Å². The van der Waals surface area contributed by atoms with Crippen molar-refractivity contribution < 1.29 is 9.53 Å². The van der Waals surface area contributed by atoms with Crippen molar-refractivity contribution in [3.8, 4) is 5.75 Å². The van der Waals surface area contributed by atoms with Crippen molar-refractivity contribution in [2.24, 2.45) is 5.73 Å². The number of amides is 1. The highest BCUT2D eigenvalue weighted by Crippen LogP contribution is 2.32. The Bertz CT molecular complexity index is 454. The normalized spacial score (nSPS) is 12.4. The molecule has 3 N–H and O–H groups in total. The molecule has 0 aliphatic carbocycles. The maximum atomic E-state index is 11.8. The van der Waals surface area contributed by atoms with E-state index in [1.54, 1.807) is 7.11 Å². The summed E-state index contributed by atoms with van der Waals surface area (Å²) in [5.74, 6) is 1.13. The Hall–Kier alpha value is -1.55. The average Bonchev–Trinajstić information content (AvgIpc) is 2.29. The van der Waals surface area contributed by atoms with E-state index in [2.05, 4.69) is 19.2 Å². The number of benzene rings is 1. The maximum Gasteiger partial charge on any atom is 0.225 e. The van der Waals surface area contributed by atoms with Crippen LogP contribution in [0.5, 0.6) is 5.75 Å². The van der Waals surface area contributed by atoms with Crippen molar-refractivity contribution in [2.45, 2.75) is 46.1 Å². The van der Waals surface area contributed by atoms with Crippen LogP contribution in [0.25, 0.3) is 0 Å². The van der Waals surface area contributed by atoms with Gasteiger partial charge in [0, 0.05) is 18.2 Å². The zero-order valence-electron chi connectivity index (χ0n) is 12.4. The third-order valence-electron chi connectivity index (χ3n) is 2.98. The molecule has 0 saturated carbocycles. The van der Waals surface area contributed by atoms with Crippen molar-refractivity contribution in [2.75, 3.05) is 12.4 Å². The zero-order valence-corrected chi connectivity index (χ0v) is 12.4.